The Bertz CT molecular complexity index is 417. The van der Waals surface area contributed by atoms with E-state index < -0.39 is 0 Å². The van der Waals surface area contributed by atoms with Crippen LogP contribution < -0.4 is 10.5 Å². The van der Waals surface area contributed by atoms with Gasteiger partial charge in [-0.25, -0.2) is 0 Å². The molecule has 0 aromatic heterocycles. The molecule has 21 heavy (non-hydrogen) atoms. The lowest BCUT2D eigenvalue weighted by Crippen LogP contribution is -2.07. The van der Waals surface area contributed by atoms with E-state index in [1.165, 1.54) is 25.7 Å². The first kappa shape index (κ1) is 17.6. The highest BCUT2D eigenvalue weighted by Crippen LogP contribution is 2.11. The van der Waals surface area contributed by atoms with Gasteiger partial charge in [-0.3, -0.25) is 0 Å². The first-order valence-electron chi connectivity index (χ1n) is 7.86. The van der Waals surface area contributed by atoms with Gasteiger partial charge in [0.2, 0.25) is 0 Å². The van der Waals surface area contributed by atoms with Crippen molar-refractivity contribution in [2.75, 3.05) is 26.4 Å². The Hall–Kier alpha value is -1.50. The molecule has 0 atom stereocenters. The van der Waals surface area contributed by atoms with Crippen LogP contribution in [-0.4, -0.2) is 26.4 Å². The van der Waals surface area contributed by atoms with Crippen LogP contribution in [0.3, 0.4) is 0 Å². The zero-order valence-electron chi connectivity index (χ0n) is 13.1. The number of ether oxygens (including phenoxy) is 2. The summed E-state index contributed by atoms with van der Waals surface area (Å²) in [5.74, 6) is 6.65. The van der Waals surface area contributed by atoms with Crippen molar-refractivity contribution in [3.63, 3.8) is 0 Å². The van der Waals surface area contributed by atoms with Gasteiger partial charge in [0, 0.05) is 12.2 Å². The van der Waals surface area contributed by atoms with Crippen molar-refractivity contribution in [1.82, 2.24) is 0 Å². The Balaban J connectivity index is 2.05. The molecule has 2 N–H and O–H groups in total. The Morgan fingerprint density at radius 2 is 1.71 bits per heavy atom. The second-order valence-corrected chi connectivity index (χ2v) is 4.91. The van der Waals surface area contributed by atoms with Crippen molar-refractivity contribution in [3.8, 4) is 17.6 Å². The Labute approximate surface area is 128 Å². The number of unbranched alkanes of at least 4 members (excludes halogenated alkanes) is 4. The minimum Gasteiger partial charge on any atom is -0.491 e. The highest BCUT2D eigenvalue weighted by Gasteiger charge is 1.95. The number of benzene rings is 1. The quantitative estimate of drug-likeness (QED) is 0.530. The molecule has 116 valence electrons. The lowest BCUT2D eigenvalue weighted by Gasteiger charge is -2.07. The Morgan fingerprint density at radius 3 is 2.43 bits per heavy atom. The van der Waals surface area contributed by atoms with E-state index >= 15 is 0 Å². The molecule has 0 heterocycles. The minimum absolute atomic E-state index is 0.383. The fourth-order valence-corrected chi connectivity index (χ4v) is 1.92. The van der Waals surface area contributed by atoms with Crippen molar-refractivity contribution in [3.05, 3.63) is 29.8 Å². The number of hydrogen-bond donors (Lipinski definition) is 1. The second-order valence-electron chi connectivity index (χ2n) is 4.91. The summed E-state index contributed by atoms with van der Waals surface area (Å²) in [6.45, 7) is 4.67. The molecule has 0 fully saturated rings. The lowest BCUT2D eigenvalue weighted by atomic mass is 10.2. The van der Waals surface area contributed by atoms with E-state index in [4.69, 9.17) is 15.2 Å². The number of hydrogen-bond acceptors (Lipinski definition) is 3. The van der Waals surface area contributed by atoms with Gasteiger partial charge in [-0.15, -0.1) is 0 Å². The van der Waals surface area contributed by atoms with Crippen LogP contribution >= 0.6 is 0 Å². The lowest BCUT2D eigenvalue weighted by molar-refractivity contribution is 0.0971. The van der Waals surface area contributed by atoms with E-state index in [-0.39, 0.29) is 0 Å². The molecule has 0 spiro atoms. The molecule has 0 unspecified atom stereocenters. The predicted octanol–water partition coefficient (Wildman–Crippen LogP) is 3.36. The highest BCUT2D eigenvalue weighted by molar-refractivity contribution is 5.38. The summed E-state index contributed by atoms with van der Waals surface area (Å²) in [7, 11) is 0. The molecular formula is C18H27NO2. The predicted molar refractivity (Wildman–Crippen MR) is 87.4 cm³/mol. The summed E-state index contributed by atoms with van der Waals surface area (Å²) in [6.07, 6.45) is 6.34. The number of rotatable bonds is 10. The van der Waals surface area contributed by atoms with Crippen LogP contribution in [0.2, 0.25) is 0 Å². The largest absolute Gasteiger partial charge is 0.491 e. The summed E-state index contributed by atoms with van der Waals surface area (Å²) < 4.78 is 11.2. The summed E-state index contributed by atoms with van der Waals surface area (Å²) >= 11 is 0. The van der Waals surface area contributed by atoms with Crippen molar-refractivity contribution in [2.45, 2.75) is 39.0 Å². The van der Waals surface area contributed by atoms with Crippen LogP contribution in [0.15, 0.2) is 24.3 Å². The van der Waals surface area contributed by atoms with Crippen molar-refractivity contribution < 1.29 is 9.47 Å². The van der Waals surface area contributed by atoms with Crippen molar-refractivity contribution >= 4 is 0 Å². The molecule has 3 heteroatoms. The van der Waals surface area contributed by atoms with Gasteiger partial charge in [0.1, 0.15) is 12.4 Å². The first-order chi connectivity index (χ1) is 10.4. The van der Waals surface area contributed by atoms with E-state index in [2.05, 4.69) is 18.8 Å². The maximum atomic E-state index is 5.61. The third-order valence-electron chi connectivity index (χ3n) is 3.08. The molecule has 0 saturated carbocycles. The third kappa shape index (κ3) is 9.12. The number of nitrogens with two attached hydrogens (primary N) is 1. The summed E-state index contributed by atoms with van der Waals surface area (Å²) in [5, 5.41) is 0. The zero-order valence-corrected chi connectivity index (χ0v) is 13.1. The molecule has 1 rings (SSSR count). The summed E-state index contributed by atoms with van der Waals surface area (Å²) in [4.78, 5) is 0. The molecule has 0 aliphatic rings. The van der Waals surface area contributed by atoms with Gasteiger partial charge in [-0.2, -0.15) is 0 Å². The molecule has 0 aliphatic heterocycles. The molecule has 0 saturated heterocycles. The van der Waals surface area contributed by atoms with Crippen LogP contribution in [0, 0.1) is 11.8 Å². The Kier molecular flexibility index (Phi) is 10.2. The van der Waals surface area contributed by atoms with Crippen LogP contribution in [-0.2, 0) is 4.74 Å². The molecular weight excluding hydrogens is 262 g/mol. The van der Waals surface area contributed by atoms with E-state index in [0.29, 0.717) is 19.8 Å². The SMILES string of the molecule is CCCCCCCOCCOc1ccc(C#CCN)cc1. The fourth-order valence-electron chi connectivity index (χ4n) is 1.92. The van der Waals surface area contributed by atoms with Crippen LogP contribution in [0.4, 0.5) is 0 Å². The zero-order chi connectivity index (χ0) is 15.2. The standard InChI is InChI=1S/C18H27NO2/c1-2-3-4-5-6-14-20-15-16-21-18-11-9-17(10-12-18)8-7-13-19/h9-12H,2-6,13-16,19H2,1H3. The fraction of sp³-hybridized carbons (Fsp3) is 0.556. The summed E-state index contributed by atoms with van der Waals surface area (Å²) in [6, 6.07) is 7.72. The summed E-state index contributed by atoms with van der Waals surface area (Å²) in [5.41, 5.74) is 6.29. The van der Waals surface area contributed by atoms with Gasteiger partial charge in [0.05, 0.1) is 13.2 Å². The molecule has 3 nitrogen and oxygen atoms in total. The first-order valence-corrected chi connectivity index (χ1v) is 7.86. The smallest absolute Gasteiger partial charge is 0.119 e. The van der Waals surface area contributed by atoms with Crippen LogP contribution in [0.5, 0.6) is 5.75 Å². The van der Waals surface area contributed by atoms with Gasteiger partial charge >= 0.3 is 0 Å². The monoisotopic (exact) mass is 289 g/mol. The Morgan fingerprint density at radius 1 is 0.952 bits per heavy atom. The average molecular weight is 289 g/mol. The molecule has 0 radical (unpaired) electrons. The van der Waals surface area contributed by atoms with E-state index in [1.807, 2.05) is 24.3 Å². The molecule has 0 aliphatic carbocycles. The molecule has 1 aromatic rings. The topological polar surface area (TPSA) is 44.5 Å². The highest BCUT2D eigenvalue weighted by atomic mass is 16.5. The van der Waals surface area contributed by atoms with Gasteiger partial charge in [-0.1, -0.05) is 44.4 Å². The van der Waals surface area contributed by atoms with E-state index in [0.717, 1.165) is 24.3 Å². The van der Waals surface area contributed by atoms with Gasteiger partial charge < -0.3 is 15.2 Å². The maximum absolute atomic E-state index is 5.61. The van der Waals surface area contributed by atoms with Crippen molar-refractivity contribution in [1.29, 1.82) is 0 Å². The van der Waals surface area contributed by atoms with Gasteiger partial charge in [-0.05, 0) is 30.7 Å². The van der Waals surface area contributed by atoms with E-state index in [9.17, 15) is 0 Å². The molecule has 1 aromatic carbocycles. The molecule has 0 amide bonds. The van der Waals surface area contributed by atoms with Crippen molar-refractivity contribution in [2.24, 2.45) is 5.73 Å². The average Bonchev–Trinajstić information content (AvgIpc) is 2.52. The van der Waals surface area contributed by atoms with Gasteiger partial charge in [0.25, 0.3) is 0 Å². The molecule has 0 bridgehead atoms. The maximum Gasteiger partial charge on any atom is 0.119 e. The second kappa shape index (κ2) is 12.3. The van der Waals surface area contributed by atoms with Crippen LogP contribution in [0.1, 0.15) is 44.6 Å². The third-order valence-corrected chi connectivity index (χ3v) is 3.08. The minimum atomic E-state index is 0.383. The van der Waals surface area contributed by atoms with Crippen LogP contribution in [0.25, 0.3) is 0 Å². The van der Waals surface area contributed by atoms with Gasteiger partial charge in [0.15, 0.2) is 0 Å². The van der Waals surface area contributed by atoms with E-state index in [1.54, 1.807) is 0 Å². The normalized spacial score (nSPS) is 10.0.